The van der Waals surface area contributed by atoms with Gasteiger partial charge in [0.05, 0.1) is 0 Å². The Bertz CT molecular complexity index is 237. The SMILES string of the molecule is C=CC(=O)NC(C)(CC)NC(=O)C=C. The highest BCUT2D eigenvalue weighted by atomic mass is 16.2. The number of hydrogen-bond donors (Lipinski definition) is 2. The summed E-state index contributed by atoms with van der Waals surface area (Å²) in [6, 6.07) is 0. The van der Waals surface area contributed by atoms with Crippen LogP contribution in [0.15, 0.2) is 25.3 Å². The minimum absolute atomic E-state index is 0.321. The van der Waals surface area contributed by atoms with Gasteiger partial charge in [-0.2, -0.15) is 0 Å². The van der Waals surface area contributed by atoms with Gasteiger partial charge in [-0.15, -0.1) is 0 Å². The number of nitrogens with one attached hydrogen (secondary N) is 2. The van der Waals surface area contributed by atoms with Crippen molar-refractivity contribution in [1.29, 1.82) is 0 Å². The maximum Gasteiger partial charge on any atom is 0.245 e. The lowest BCUT2D eigenvalue weighted by molar-refractivity contribution is -0.121. The molecule has 0 aliphatic heterocycles. The summed E-state index contributed by atoms with van der Waals surface area (Å²) in [5, 5.41) is 5.24. The van der Waals surface area contributed by atoms with E-state index in [0.29, 0.717) is 6.42 Å². The number of hydrogen-bond acceptors (Lipinski definition) is 2. The van der Waals surface area contributed by atoms with Crippen LogP contribution < -0.4 is 10.6 Å². The molecule has 0 radical (unpaired) electrons. The van der Waals surface area contributed by atoms with Crippen molar-refractivity contribution in [1.82, 2.24) is 10.6 Å². The zero-order valence-electron chi connectivity index (χ0n) is 8.59. The van der Waals surface area contributed by atoms with Gasteiger partial charge in [0, 0.05) is 0 Å². The maximum atomic E-state index is 11.0. The number of amides is 2. The molecule has 0 aliphatic rings. The molecule has 4 nitrogen and oxygen atoms in total. The van der Waals surface area contributed by atoms with Gasteiger partial charge in [-0.05, 0) is 25.5 Å². The lowest BCUT2D eigenvalue weighted by Gasteiger charge is -2.29. The molecule has 0 aromatic rings. The lowest BCUT2D eigenvalue weighted by Crippen LogP contribution is -2.57. The van der Waals surface area contributed by atoms with Gasteiger partial charge in [-0.3, -0.25) is 9.59 Å². The molecule has 0 rings (SSSR count). The fourth-order valence-electron chi connectivity index (χ4n) is 0.854. The molecule has 0 heterocycles. The molecule has 0 atom stereocenters. The molecule has 4 heteroatoms. The van der Waals surface area contributed by atoms with Gasteiger partial charge in [0.25, 0.3) is 0 Å². The topological polar surface area (TPSA) is 58.2 Å². The summed E-state index contributed by atoms with van der Waals surface area (Å²) in [4.78, 5) is 22.1. The molecule has 0 saturated carbocycles. The van der Waals surface area contributed by atoms with Gasteiger partial charge in [-0.25, -0.2) is 0 Å². The van der Waals surface area contributed by atoms with E-state index in [4.69, 9.17) is 0 Å². The van der Waals surface area contributed by atoms with E-state index in [1.165, 1.54) is 0 Å². The first kappa shape index (κ1) is 12.4. The minimum Gasteiger partial charge on any atom is -0.330 e. The fourth-order valence-corrected chi connectivity index (χ4v) is 0.854. The van der Waals surface area contributed by atoms with E-state index in [9.17, 15) is 9.59 Å². The van der Waals surface area contributed by atoms with Gasteiger partial charge in [-0.1, -0.05) is 20.1 Å². The van der Waals surface area contributed by atoms with E-state index in [1.54, 1.807) is 6.92 Å². The average molecular weight is 196 g/mol. The maximum absolute atomic E-state index is 11.0. The summed E-state index contributed by atoms with van der Waals surface area (Å²) in [7, 11) is 0. The van der Waals surface area contributed by atoms with Crippen LogP contribution in [-0.4, -0.2) is 17.5 Å². The third-order valence-electron chi connectivity index (χ3n) is 1.88. The quantitative estimate of drug-likeness (QED) is 0.502. The zero-order valence-corrected chi connectivity index (χ0v) is 8.59. The Hall–Kier alpha value is -1.58. The summed E-state index contributed by atoms with van der Waals surface area (Å²) < 4.78 is 0. The first-order valence-corrected chi connectivity index (χ1v) is 4.36. The van der Waals surface area contributed by atoms with Crippen molar-refractivity contribution in [2.24, 2.45) is 0 Å². The molecule has 0 aliphatic carbocycles. The summed E-state index contributed by atoms with van der Waals surface area (Å²) >= 11 is 0. The first-order valence-electron chi connectivity index (χ1n) is 4.36. The van der Waals surface area contributed by atoms with Gasteiger partial charge >= 0.3 is 0 Å². The Morgan fingerprint density at radius 3 is 1.79 bits per heavy atom. The van der Waals surface area contributed by atoms with Gasteiger partial charge in [0.1, 0.15) is 5.66 Å². The van der Waals surface area contributed by atoms with Crippen LogP contribution in [0.3, 0.4) is 0 Å². The van der Waals surface area contributed by atoms with Crippen LogP contribution in [-0.2, 0) is 9.59 Å². The Morgan fingerprint density at radius 1 is 1.21 bits per heavy atom. The summed E-state index contributed by atoms with van der Waals surface area (Å²) in [6.45, 7) is 10.2. The van der Waals surface area contributed by atoms with Crippen molar-refractivity contribution < 1.29 is 9.59 Å². The molecule has 2 amide bonds. The van der Waals surface area contributed by atoms with Crippen molar-refractivity contribution in [2.45, 2.75) is 25.9 Å². The minimum atomic E-state index is -0.753. The van der Waals surface area contributed by atoms with Crippen LogP contribution in [0.2, 0.25) is 0 Å². The van der Waals surface area contributed by atoms with Crippen LogP contribution in [0.1, 0.15) is 20.3 Å². The molecule has 0 aromatic heterocycles. The van der Waals surface area contributed by atoms with Gasteiger partial charge < -0.3 is 10.6 Å². The second kappa shape index (κ2) is 5.21. The Morgan fingerprint density at radius 2 is 1.57 bits per heavy atom. The predicted octanol–water partition coefficient (Wildman–Crippen LogP) is 0.717. The molecule has 78 valence electrons. The van der Waals surface area contributed by atoms with Crippen molar-refractivity contribution >= 4 is 11.8 Å². The summed E-state index contributed by atoms with van der Waals surface area (Å²) in [6.07, 6.45) is 2.90. The second-order valence-corrected chi connectivity index (χ2v) is 3.07. The van der Waals surface area contributed by atoms with Gasteiger partial charge in [0.15, 0.2) is 0 Å². The van der Waals surface area contributed by atoms with Gasteiger partial charge in [0.2, 0.25) is 11.8 Å². The summed E-state index contributed by atoms with van der Waals surface area (Å²) in [5.74, 6) is -0.641. The van der Waals surface area contributed by atoms with Crippen LogP contribution in [0, 0.1) is 0 Å². The fraction of sp³-hybridized carbons (Fsp3) is 0.400. The highest BCUT2D eigenvalue weighted by molar-refractivity contribution is 5.90. The smallest absolute Gasteiger partial charge is 0.245 e. The van der Waals surface area contributed by atoms with Crippen LogP contribution in [0.5, 0.6) is 0 Å². The molecule has 0 fully saturated rings. The van der Waals surface area contributed by atoms with E-state index < -0.39 is 5.66 Å². The van der Waals surface area contributed by atoms with E-state index in [2.05, 4.69) is 23.8 Å². The van der Waals surface area contributed by atoms with Crippen LogP contribution in [0.25, 0.3) is 0 Å². The lowest BCUT2D eigenvalue weighted by atomic mass is 10.1. The largest absolute Gasteiger partial charge is 0.330 e. The van der Waals surface area contributed by atoms with Crippen molar-refractivity contribution in [3.8, 4) is 0 Å². The zero-order chi connectivity index (χ0) is 11.2. The Balaban J connectivity index is 4.45. The Kier molecular flexibility index (Phi) is 4.63. The highest BCUT2D eigenvalue weighted by Crippen LogP contribution is 2.04. The predicted molar refractivity (Wildman–Crippen MR) is 55.4 cm³/mol. The number of rotatable bonds is 5. The number of carbonyl (C=O) groups is 2. The first-order chi connectivity index (χ1) is 6.47. The molecular weight excluding hydrogens is 180 g/mol. The average Bonchev–Trinajstić information content (AvgIpc) is 2.17. The van der Waals surface area contributed by atoms with Crippen LogP contribution >= 0.6 is 0 Å². The van der Waals surface area contributed by atoms with E-state index in [0.717, 1.165) is 12.2 Å². The van der Waals surface area contributed by atoms with E-state index in [1.807, 2.05) is 6.92 Å². The summed E-state index contributed by atoms with van der Waals surface area (Å²) in [5.41, 5.74) is -0.753. The van der Waals surface area contributed by atoms with E-state index in [-0.39, 0.29) is 11.8 Å². The molecule has 0 bridgehead atoms. The molecule has 0 unspecified atom stereocenters. The standard InChI is InChI=1S/C10H16N2O2/c1-5-8(13)11-10(4,7-3)12-9(14)6-2/h5-6H,1-2,7H2,3-4H3,(H,11,13)(H,12,14). The third-order valence-corrected chi connectivity index (χ3v) is 1.88. The second-order valence-electron chi connectivity index (χ2n) is 3.07. The van der Waals surface area contributed by atoms with E-state index >= 15 is 0 Å². The van der Waals surface area contributed by atoms with Crippen molar-refractivity contribution in [3.05, 3.63) is 25.3 Å². The molecule has 0 spiro atoms. The normalized spacial score (nSPS) is 10.1. The molecule has 14 heavy (non-hydrogen) atoms. The molecule has 2 N–H and O–H groups in total. The number of carbonyl (C=O) groups excluding carboxylic acids is 2. The van der Waals surface area contributed by atoms with Crippen molar-refractivity contribution in [3.63, 3.8) is 0 Å². The monoisotopic (exact) mass is 196 g/mol. The third kappa shape index (κ3) is 3.89. The molecular formula is C10H16N2O2. The van der Waals surface area contributed by atoms with Crippen LogP contribution in [0.4, 0.5) is 0 Å². The molecule has 0 aromatic carbocycles. The molecule has 0 saturated heterocycles. The Labute approximate surface area is 84.1 Å². The van der Waals surface area contributed by atoms with Crippen molar-refractivity contribution in [2.75, 3.05) is 0 Å². The highest BCUT2D eigenvalue weighted by Gasteiger charge is 2.24.